The summed E-state index contributed by atoms with van der Waals surface area (Å²) in [6.45, 7) is 11.3. The molecular formula is C12H22OSi. The highest BCUT2D eigenvalue weighted by atomic mass is 28.4. The van der Waals surface area contributed by atoms with Crippen LogP contribution < -0.4 is 0 Å². The van der Waals surface area contributed by atoms with Crippen LogP contribution in [0.3, 0.4) is 0 Å². The van der Waals surface area contributed by atoms with Gasteiger partial charge in [0.05, 0.1) is 5.76 Å². The molecule has 1 rings (SSSR count). The Balaban J connectivity index is 2.61. The minimum Gasteiger partial charge on any atom is -0.547 e. The summed E-state index contributed by atoms with van der Waals surface area (Å²) in [5.74, 6) is 1.72. The fourth-order valence-electron chi connectivity index (χ4n) is 1.35. The van der Waals surface area contributed by atoms with Gasteiger partial charge in [-0.05, 0) is 30.6 Å². The predicted octanol–water partition coefficient (Wildman–Crippen LogP) is 4.10. The third-order valence-electron chi connectivity index (χ3n) is 2.99. The molecule has 0 saturated carbocycles. The highest BCUT2D eigenvalue weighted by Crippen LogP contribution is 2.27. The summed E-state index contributed by atoms with van der Waals surface area (Å²) < 4.78 is 6.16. The average Bonchev–Trinajstić information content (AvgIpc) is 2.02. The smallest absolute Gasteiger partial charge is 0.247 e. The summed E-state index contributed by atoms with van der Waals surface area (Å²) in [6.07, 6.45) is 7.67. The molecule has 0 aromatic rings. The second-order valence-corrected chi connectivity index (χ2v) is 9.55. The quantitative estimate of drug-likeness (QED) is 0.503. The molecule has 0 saturated heterocycles. The molecule has 0 amide bonds. The van der Waals surface area contributed by atoms with Crippen molar-refractivity contribution in [1.29, 1.82) is 0 Å². The molecule has 1 aliphatic rings. The van der Waals surface area contributed by atoms with Crippen molar-refractivity contribution in [1.82, 2.24) is 0 Å². The molecule has 0 aliphatic heterocycles. The lowest BCUT2D eigenvalue weighted by Crippen LogP contribution is -2.33. The zero-order valence-electron chi connectivity index (χ0n) is 10.0. The van der Waals surface area contributed by atoms with E-state index in [-0.39, 0.29) is 0 Å². The van der Waals surface area contributed by atoms with Crippen molar-refractivity contribution < 1.29 is 4.43 Å². The van der Waals surface area contributed by atoms with E-state index in [0.29, 0.717) is 11.5 Å². The van der Waals surface area contributed by atoms with E-state index in [4.69, 9.17) is 4.43 Å². The van der Waals surface area contributed by atoms with Crippen molar-refractivity contribution in [2.75, 3.05) is 0 Å². The molecule has 1 unspecified atom stereocenters. The first kappa shape index (κ1) is 11.6. The van der Waals surface area contributed by atoms with Crippen molar-refractivity contribution in [3.63, 3.8) is 0 Å². The molecule has 0 radical (unpaired) electrons. The van der Waals surface area contributed by atoms with E-state index in [1.54, 1.807) is 0 Å². The maximum Gasteiger partial charge on any atom is 0.247 e. The summed E-state index contributed by atoms with van der Waals surface area (Å²) in [5.41, 5.74) is 0.671. The van der Waals surface area contributed by atoms with Crippen LogP contribution in [-0.2, 0) is 4.43 Å². The molecule has 0 bridgehead atoms. The van der Waals surface area contributed by atoms with Gasteiger partial charge in [0.15, 0.2) is 0 Å². The summed E-state index contributed by atoms with van der Waals surface area (Å²) in [6, 6.07) is 0. The van der Waals surface area contributed by atoms with E-state index in [2.05, 4.69) is 52.1 Å². The molecule has 0 fully saturated rings. The molecule has 2 heteroatoms. The standard InChI is InChI=1S/C12H22OSi/c1-10(2)14(4,5)13-12-8-6-7-11(3)9-12/h6-7,9-11H,8H2,1-5H3. The van der Waals surface area contributed by atoms with Crippen LogP contribution in [-0.4, -0.2) is 8.32 Å². The average molecular weight is 210 g/mol. The maximum atomic E-state index is 6.16. The minimum absolute atomic E-state index is 0.538. The SMILES string of the molecule is CC1C=CCC(O[Si](C)(C)C(C)C)=C1. The molecule has 14 heavy (non-hydrogen) atoms. The van der Waals surface area contributed by atoms with Gasteiger partial charge in [0.25, 0.3) is 0 Å². The predicted molar refractivity (Wildman–Crippen MR) is 64.7 cm³/mol. The Morgan fingerprint density at radius 1 is 1.43 bits per heavy atom. The van der Waals surface area contributed by atoms with Crippen LogP contribution in [0, 0.1) is 5.92 Å². The van der Waals surface area contributed by atoms with E-state index < -0.39 is 8.32 Å². The van der Waals surface area contributed by atoms with Gasteiger partial charge in [-0.25, -0.2) is 0 Å². The fourth-order valence-corrected chi connectivity index (χ4v) is 2.41. The van der Waals surface area contributed by atoms with Crippen molar-refractivity contribution in [2.24, 2.45) is 5.92 Å². The first-order valence-corrected chi connectivity index (χ1v) is 8.47. The Hall–Kier alpha value is -0.503. The van der Waals surface area contributed by atoms with Crippen LogP contribution in [0.4, 0.5) is 0 Å². The third kappa shape index (κ3) is 3.02. The normalized spacial score (nSPS) is 22.4. The van der Waals surface area contributed by atoms with Crippen molar-refractivity contribution >= 4 is 8.32 Å². The second kappa shape index (κ2) is 4.35. The van der Waals surface area contributed by atoms with Crippen LogP contribution in [0.2, 0.25) is 18.6 Å². The van der Waals surface area contributed by atoms with E-state index in [0.717, 1.165) is 6.42 Å². The number of hydrogen-bond acceptors (Lipinski definition) is 1. The highest BCUT2D eigenvalue weighted by Gasteiger charge is 2.29. The summed E-state index contributed by atoms with van der Waals surface area (Å²) in [7, 11) is -1.50. The van der Waals surface area contributed by atoms with Crippen molar-refractivity contribution in [3.8, 4) is 0 Å². The zero-order chi connectivity index (χ0) is 10.8. The van der Waals surface area contributed by atoms with Crippen LogP contribution >= 0.6 is 0 Å². The molecular weight excluding hydrogens is 188 g/mol. The Morgan fingerprint density at radius 2 is 2.07 bits per heavy atom. The molecule has 1 atom stereocenters. The Kier molecular flexibility index (Phi) is 3.59. The van der Waals surface area contributed by atoms with Gasteiger partial charge in [0, 0.05) is 6.42 Å². The van der Waals surface area contributed by atoms with E-state index in [9.17, 15) is 0 Å². The first-order chi connectivity index (χ1) is 6.42. The molecule has 0 heterocycles. The van der Waals surface area contributed by atoms with Gasteiger partial charge in [-0.15, -0.1) is 0 Å². The van der Waals surface area contributed by atoms with E-state index in [1.165, 1.54) is 5.76 Å². The lowest BCUT2D eigenvalue weighted by atomic mass is 10.0. The molecule has 1 nitrogen and oxygen atoms in total. The molecule has 0 aromatic heterocycles. The molecule has 0 spiro atoms. The van der Waals surface area contributed by atoms with Crippen molar-refractivity contribution in [3.05, 3.63) is 24.0 Å². The van der Waals surface area contributed by atoms with Gasteiger partial charge in [0.1, 0.15) is 0 Å². The van der Waals surface area contributed by atoms with Gasteiger partial charge >= 0.3 is 0 Å². The van der Waals surface area contributed by atoms with Gasteiger partial charge < -0.3 is 4.43 Å². The molecule has 0 aromatic carbocycles. The number of rotatable bonds is 3. The van der Waals surface area contributed by atoms with E-state index in [1.807, 2.05) is 0 Å². The lowest BCUT2D eigenvalue weighted by Gasteiger charge is -2.30. The van der Waals surface area contributed by atoms with Crippen LogP contribution in [0.15, 0.2) is 24.0 Å². The van der Waals surface area contributed by atoms with Crippen LogP contribution in [0.25, 0.3) is 0 Å². The second-order valence-electron chi connectivity index (χ2n) is 4.98. The Morgan fingerprint density at radius 3 is 2.57 bits per heavy atom. The van der Waals surface area contributed by atoms with Crippen LogP contribution in [0.1, 0.15) is 27.2 Å². The topological polar surface area (TPSA) is 9.23 Å². The highest BCUT2D eigenvalue weighted by molar-refractivity contribution is 6.72. The summed E-state index contributed by atoms with van der Waals surface area (Å²) in [5, 5.41) is 0. The van der Waals surface area contributed by atoms with Crippen molar-refractivity contribution in [2.45, 2.75) is 45.8 Å². The summed E-state index contributed by atoms with van der Waals surface area (Å²) >= 11 is 0. The Labute approximate surface area is 89.0 Å². The van der Waals surface area contributed by atoms with Gasteiger partial charge in [-0.2, -0.15) is 0 Å². The van der Waals surface area contributed by atoms with Gasteiger partial charge in [-0.1, -0.05) is 32.9 Å². The largest absolute Gasteiger partial charge is 0.547 e. The summed E-state index contributed by atoms with van der Waals surface area (Å²) in [4.78, 5) is 0. The monoisotopic (exact) mass is 210 g/mol. The molecule has 0 N–H and O–H groups in total. The first-order valence-electron chi connectivity index (χ1n) is 5.48. The third-order valence-corrected chi connectivity index (χ3v) is 6.56. The van der Waals surface area contributed by atoms with Gasteiger partial charge in [0.2, 0.25) is 8.32 Å². The van der Waals surface area contributed by atoms with Gasteiger partial charge in [-0.3, -0.25) is 0 Å². The molecule has 80 valence electrons. The number of allylic oxidation sites excluding steroid dienone is 3. The fraction of sp³-hybridized carbons (Fsp3) is 0.667. The number of hydrogen-bond donors (Lipinski definition) is 0. The Bertz CT molecular complexity index is 251. The minimum atomic E-state index is -1.50. The zero-order valence-corrected chi connectivity index (χ0v) is 11.0. The molecule has 1 aliphatic carbocycles. The van der Waals surface area contributed by atoms with E-state index >= 15 is 0 Å². The van der Waals surface area contributed by atoms with Crippen LogP contribution in [0.5, 0.6) is 0 Å². The lowest BCUT2D eigenvalue weighted by molar-refractivity contribution is 0.389. The maximum absolute atomic E-state index is 6.16.